The van der Waals surface area contributed by atoms with Crippen LogP contribution in [0.25, 0.3) is 0 Å². The van der Waals surface area contributed by atoms with Crippen LogP contribution in [0, 0.1) is 17.2 Å². The van der Waals surface area contributed by atoms with E-state index in [2.05, 4.69) is 6.92 Å². The number of hydrogen-bond acceptors (Lipinski definition) is 1. The van der Waals surface area contributed by atoms with E-state index in [0.717, 1.165) is 31.2 Å². The molecular formula is C17H23FO2. The maximum absolute atomic E-state index is 12.9. The first kappa shape index (κ1) is 15.0. The number of carboxylic acid groups (broad SMARTS) is 1. The van der Waals surface area contributed by atoms with Crippen LogP contribution in [0.3, 0.4) is 0 Å². The zero-order valence-corrected chi connectivity index (χ0v) is 12.1. The number of carbonyl (C=O) groups is 1. The van der Waals surface area contributed by atoms with Crippen LogP contribution in [-0.4, -0.2) is 11.1 Å². The lowest BCUT2D eigenvalue weighted by atomic mass is 9.67. The second-order valence-corrected chi connectivity index (χ2v) is 6.12. The standard InChI is InChI=1S/C17H23FO2/c1-2-3-13-8-10-17(11-9-13,16(19)20)12-14-4-6-15(18)7-5-14/h4-7,13H,2-3,8-12H2,1H3,(H,19,20). The van der Waals surface area contributed by atoms with Gasteiger partial charge in [0.1, 0.15) is 5.82 Å². The average Bonchev–Trinajstić information content (AvgIpc) is 2.44. The van der Waals surface area contributed by atoms with Crippen LogP contribution in [0.1, 0.15) is 51.0 Å². The zero-order chi connectivity index (χ0) is 14.6. The van der Waals surface area contributed by atoms with Gasteiger partial charge in [-0.3, -0.25) is 4.79 Å². The van der Waals surface area contributed by atoms with E-state index in [0.29, 0.717) is 12.3 Å². The van der Waals surface area contributed by atoms with Crippen molar-refractivity contribution in [2.24, 2.45) is 11.3 Å². The quantitative estimate of drug-likeness (QED) is 0.865. The summed E-state index contributed by atoms with van der Waals surface area (Å²) in [6.07, 6.45) is 6.37. The predicted molar refractivity (Wildman–Crippen MR) is 77.0 cm³/mol. The Hall–Kier alpha value is -1.38. The molecule has 2 nitrogen and oxygen atoms in total. The number of benzene rings is 1. The fourth-order valence-electron chi connectivity index (χ4n) is 3.39. The van der Waals surface area contributed by atoms with E-state index in [9.17, 15) is 14.3 Å². The second kappa shape index (κ2) is 6.38. The minimum Gasteiger partial charge on any atom is -0.481 e. The molecule has 0 aliphatic heterocycles. The summed E-state index contributed by atoms with van der Waals surface area (Å²) < 4.78 is 12.9. The SMILES string of the molecule is CCCC1CCC(Cc2ccc(F)cc2)(C(=O)O)CC1. The Balaban J connectivity index is 2.08. The molecule has 1 N–H and O–H groups in total. The van der Waals surface area contributed by atoms with Crippen molar-refractivity contribution in [1.82, 2.24) is 0 Å². The van der Waals surface area contributed by atoms with Gasteiger partial charge < -0.3 is 5.11 Å². The fraction of sp³-hybridized carbons (Fsp3) is 0.588. The number of halogens is 1. The van der Waals surface area contributed by atoms with Crippen molar-refractivity contribution in [2.45, 2.75) is 51.9 Å². The molecule has 2 rings (SSSR count). The summed E-state index contributed by atoms with van der Waals surface area (Å²) in [5.74, 6) is -0.290. The van der Waals surface area contributed by atoms with Crippen molar-refractivity contribution in [3.63, 3.8) is 0 Å². The van der Waals surface area contributed by atoms with Crippen molar-refractivity contribution in [2.75, 3.05) is 0 Å². The Bertz CT molecular complexity index is 445. The first-order valence-corrected chi connectivity index (χ1v) is 7.53. The molecule has 110 valence electrons. The minimum atomic E-state index is -0.697. The van der Waals surface area contributed by atoms with Crippen LogP contribution in [0.5, 0.6) is 0 Å². The highest BCUT2D eigenvalue weighted by Gasteiger charge is 2.41. The Kier molecular flexibility index (Phi) is 4.79. The molecule has 0 amide bonds. The van der Waals surface area contributed by atoms with E-state index < -0.39 is 11.4 Å². The summed E-state index contributed by atoms with van der Waals surface area (Å²) in [4.78, 5) is 11.7. The van der Waals surface area contributed by atoms with Gasteiger partial charge in [-0.05, 0) is 55.7 Å². The number of hydrogen-bond donors (Lipinski definition) is 1. The molecule has 0 unspecified atom stereocenters. The molecule has 1 aliphatic carbocycles. The monoisotopic (exact) mass is 278 g/mol. The van der Waals surface area contributed by atoms with Gasteiger partial charge in [0.15, 0.2) is 0 Å². The van der Waals surface area contributed by atoms with E-state index in [4.69, 9.17) is 0 Å². The lowest BCUT2D eigenvalue weighted by Crippen LogP contribution is -2.37. The molecule has 0 atom stereocenters. The molecule has 1 aromatic carbocycles. The smallest absolute Gasteiger partial charge is 0.309 e. The van der Waals surface area contributed by atoms with Crippen LogP contribution in [0.15, 0.2) is 24.3 Å². The van der Waals surface area contributed by atoms with Gasteiger partial charge in [0.05, 0.1) is 5.41 Å². The summed E-state index contributed by atoms with van der Waals surface area (Å²) in [5.41, 5.74) is 0.268. The fourth-order valence-corrected chi connectivity index (χ4v) is 3.39. The maximum atomic E-state index is 12.9. The third-order valence-electron chi connectivity index (χ3n) is 4.67. The van der Waals surface area contributed by atoms with E-state index in [1.54, 1.807) is 12.1 Å². The Morgan fingerprint density at radius 1 is 1.30 bits per heavy atom. The van der Waals surface area contributed by atoms with Crippen LogP contribution >= 0.6 is 0 Å². The van der Waals surface area contributed by atoms with Gasteiger partial charge in [-0.2, -0.15) is 0 Å². The van der Waals surface area contributed by atoms with Gasteiger partial charge in [0.2, 0.25) is 0 Å². The number of rotatable bonds is 5. The number of aliphatic carboxylic acids is 1. The predicted octanol–water partition coefficient (Wildman–Crippen LogP) is 4.43. The molecule has 20 heavy (non-hydrogen) atoms. The molecule has 1 aromatic rings. The molecule has 1 saturated carbocycles. The van der Waals surface area contributed by atoms with E-state index in [-0.39, 0.29) is 5.82 Å². The summed E-state index contributed by atoms with van der Waals surface area (Å²) in [7, 11) is 0. The third-order valence-corrected chi connectivity index (χ3v) is 4.67. The van der Waals surface area contributed by atoms with Crippen molar-refractivity contribution < 1.29 is 14.3 Å². The van der Waals surface area contributed by atoms with Crippen LogP contribution in [0.4, 0.5) is 4.39 Å². The highest BCUT2D eigenvalue weighted by atomic mass is 19.1. The van der Waals surface area contributed by atoms with Gasteiger partial charge in [0.25, 0.3) is 0 Å². The molecule has 0 spiro atoms. The lowest BCUT2D eigenvalue weighted by molar-refractivity contribution is -0.151. The molecule has 1 fully saturated rings. The van der Waals surface area contributed by atoms with Gasteiger partial charge >= 0.3 is 5.97 Å². The third kappa shape index (κ3) is 3.38. The van der Waals surface area contributed by atoms with E-state index in [1.165, 1.54) is 25.0 Å². The molecule has 1 aliphatic rings. The largest absolute Gasteiger partial charge is 0.481 e. The summed E-state index contributed by atoms with van der Waals surface area (Å²) in [6, 6.07) is 6.23. The van der Waals surface area contributed by atoms with Crippen LogP contribution < -0.4 is 0 Å². The first-order chi connectivity index (χ1) is 9.55. The van der Waals surface area contributed by atoms with Crippen molar-refractivity contribution >= 4 is 5.97 Å². The maximum Gasteiger partial charge on any atom is 0.309 e. The highest BCUT2D eigenvalue weighted by Crippen LogP contribution is 2.43. The topological polar surface area (TPSA) is 37.3 Å². The lowest BCUT2D eigenvalue weighted by Gasteiger charge is -2.37. The van der Waals surface area contributed by atoms with Gasteiger partial charge in [0, 0.05) is 0 Å². The summed E-state index contributed by atoms with van der Waals surface area (Å²) in [6.45, 7) is 2.18. The van der Waals surface area contributed by atoms with Gasteiger partial charge in [-0.25, -0.2) is 4.39 Å². The van der Waals surface area contributed by atoms with Crippen molar-refractivity contribution in [3.8, 4) is 0 Å². The average molecular weight is 278 g/mol. The van der Waals surface area contributed by atoms with Crippen molar-refractivity contribution in [1.29, 1.82) is 0 Å². The Morgan fingerprint density at radius 2 is 1.90 bits per heavy atom. The van der Waals surface area contributed by atoms with Gasteiger partial charge in [-0.15, -0.1) is 0 Å². The number of carboxylic acids is 1. The molecule has 0 heterocycles. The molecule has 0 saturated heterocycles. The van der Waals surface area contributed by atoms with Gasteiger partial charge in [-0.1, -0.05) is 31.9 Å². The van der Waals surface area contributed by atoms with Crippen LogP contribution in [-0.2, 0) is 11.2 Å². The Labute approximate surface area is 120 Å². The molecule has 3 heteroatoms. The first-order valence-electron chi connectivity index (χ1n) is 7.53. The molecular weight excluding hydrogens is 255 g/mol. The zero-order valence-electron chi connectivity index (χ0n) is 12.1. The molecule has 0 bridgehead atoms. The van der Waals surface area contributed by atoms with Crippen molar-refractivity contribution in [3.05, 3.63) is 35.6 Å². The van der Waals surface area contributed by atoms with Crippen LogP contribution in [0.2, 0.25) is 0 Å². The normalized spacial score (nSPS) is 26.4. The summed E-state index contributed by atoms with van der Waals surface area (Å²) in [5, 5.41) is 9.65. The molecule has 0 radical (unpaired) electrons. The minimum absolute atomic E-state index is 0.273. The van der Waals surface area contributed by atoms with E-state index in [1.807, 2.05) is 0 Å². The Morgan fingerprint density at radius 3 is 2.40 bits per heavy atom. The highest BCUT2D eigenvalue weighted by molar-refractivity contribution is 5.75. The summed E-state index contributed by atoms with van der Waals surface area (Å²) >= 11 is 0. The second-order valence-electron chi connectivity index (χ2n) is 6.12. The molecule has 0 aromatic heterocycles. The van der Waals surface area contributed by atoms with E-state index >= 15 is 0 Å².